The highest BCUT2D eigenvalue weighted by atomic mass is 35.5. The van der Waals surface area contributed by atoms with E-state index in [1.807, 2.05) is 0 Å². The summed E-state index contributed by atoms with van der Waals surface area (Å²) in [5.41, 5.74) is -0.277. The summed E-state index contributed by atoms with van der Waals surface area (Å²) in [6.45, 7) is 3.01. The first-order valence-corrected chi connectivity index (χ1v) is 11.4. The normalized spacial score (nSPS) is 20.4. The van der Waals surface area contributed by atoms with Crippen molar-refractivity contribution in [3.8, 4) is 0 Å². The zero-order chi connectivity index (χ0) is 19.7. The Morgan fingerprint density at radius 3 is 2.56 bits per heavy atom. The summed E-state index contributed by atoms with van der Waals surface area (Å²) in [5, 5.41) is 2.95. The number of amides is 1. The molecule has 8 heteroatoms. The second-order valence-corrected chi connectivity index (χ2v) is 10.4. The van der Waals surface area contributed by atoms with Crippen LogP contribution in [0.15, 0.2) is 18.2 Å². The van der Waals surface area contributed by atoms with Gasteiger partial charge in [0.25, 0.3) is 5.91 Å². The number of nitrogens with one attached hydrogen (secondary N) is 1. The average molecular weight is 417 g/mol. The number of hydrogen-bond acceptors (Lipinski definition) is 3. The Bertz CT molecular complexity index is 783. The molecule has 0 spiro atoms. The van der Waals surface area contributed by atoms with Gasteiger partial charge in [-0.1, -0.05) is 30.5 Å². The number of piperidine rings is 1. The molecule has 0 bridgehead atoms. The smallest absolute Gasteiger partial charge is 0.255 e. The minimum Gasteiger partial charge on any atom is -0.351 e. The first-order chi connectivity index (χ1) is 12.8. The van der Waals surface area contributed by atoms with E-state index in [2.05, 4.69) is 5.32 Å². The molecule has 1 aliphatic carbocycles. The third kappa shape index (κ3) is 4.81. The van der Waals surface area contributed by atoms with Crippen LogP contribution in [0.1, 0.15) is 49.4 Å². The van der Waals surface area contributed by atoms with Crippen LogP contribution in [0.25, 0.3) is 0 Å². The van der Waals surface area contributed by atoms with Crippen LogP contribution in [0.2, 0.25) is 5.02 Å². The van der Waals surface area contributed by atoms with Gasteiger partial charge in [0.2, 0.25) is 10.0 Å². The van der Waals surface area contributed by atoms with Crippen molar-refractivity contribution in [2.24, 2.45) is 11.3 Å². The lowest BCUT2D eigenvalue weighted by Crippen LogP contribution is -2.48. The SMILES string of the molecule is CCS(=O)(=O)N1CCC(CNC(=O)c2c(F)cccc2Cl)(CC2CC2)CC1. The molecule has 3 rings (SSSR count). The lowest BCUT2D eigenvalue weighted by Gasteiger charge is -2.41. The van der Waals surface area contributed by atoms with Gasteiger partial charge in [-0.05, 0) is 49.7 Å². The largest absolute Gasteiger partial charge is 0.351 e. The fraction of sp³-hybridized carbons (Fsp3) is 0.632. The molecule has 0 unspecified atom stereocenters. The van der Waals surface area contributed by atoms with Gasteiger partial charge in [0.05, 0.1) is 16.3 Å². The van der Waals surface area contributed by atoms with Crippen molar-refractivity contribution in [1.29, 1.82) is 0 Å². The van der Waals surface area contributed by atoms with Gasteiger partial charge in [0.15, 0.2) is 0 Å². The van der Waals surface area contributed by atoms with Crippen LogP contribution in [0, 0.1) is 17.2 Å². The van der Waals surface area contributed by atoms with Crippen LogP contribution in [-0.2, 0) is 10.0 Å². The quantitative estimate of drug-likeness (QED) is 0.740. The van der Waals surface area contributed by atoms with E-state index in [4.69, 9.17) is 11.6 Å². The lowest BCUT2D eigenvalue weighted by molar-refractivity contribution is 0.0868. The maximum Gasteiger partial charge on any atom is 0.255 e. The number of halogens is 2. The third-order valence-electron chi connectivity index (χ3n) is 5.77. The van der Waals surface area contributed by atoms with E-state index in [0.29, 0.717) is 38.4 Å². The molecule has 0 aromatic heterocycles. The maximum atomic E-state index is 14.0. The molecule has 2 fully saturated rings. The highest BCUT2D eigenvalue weighted by molar-refractivity contribution is 7.89. The van der Waals surface area contributed by atoms with E-state index < -0.39 is 21.7 Å². The highest BCUT2D eigenvalue weighted by Crippen LogP contribution is 2.45. The number of rotatable bonds is 7. The molecule has 1 amide bonds. The number of sulfonamides is 1. The molecule has 0 radical (unpaired) electrons. The van der Waals surface area contributed by atoms with Gasteiger partial charge in [-0.25, -0.2) is 17.1 Å². The number of benzene rings is 1. The van der Waals surface area contributed by atoms with Crippen molar-refractivity contribution in [3.63, 3.8) is 0 Å². The Balaban J connectivity index is 1.68. The van der Waals surface area contributed by atoms with Crippen LogP contribution in [0.4, 0.5) is 4.39 Å². The van der Waals surface area contributed by atoms with E-state index in [1.165, 1.54) is 31.0 Å². The molecule has 1 saturated heterocycles. The van der Waals surface area contributed by atoms with Gasteiger partial charge in [0, 0.05) is 19.6 Å². The average Bonchev–Trinajstić information content (AvgIpc) is 3.44. The van der Waals surface area contributed by atoms with Crippen molar-refractivity contribution in [2.75, 3.05) is 25.4 Å². The minimum atomic E-state index is -3.19. The highest BCUT2D eigenvalue weighted by Gasteiger charge is 2.41. The summed E-state index contributed by atoms with van der Waals surface area (Å²) in [6, 6.07) is 4.18. The third-order valence-corrected chi connectivity index (χ3v) is 7.97. The summed E-state index contributed by atoms with van der Waals surface area (Å²) in [4.78, 5) is 12.5. The Labute approximate surface area is 165 Å². The Hall–Kier alpha value is -1.18. The lowest BCUT2D eigenvalue weighted by atomic mass is 9.74. The van der Waals surface area contributed by atoms with Crippen LogP contribution < -0.4 is 5.32 Å². The van der Waals surface area contributed by atoms with Crippen molar-refractivity contribution in [3.05, 3.63) is 34.6 Å². The number of hydrogen-bond donors (Lipinski definition) is 1. The van der Waals surface area contributed by atoms with E-state index in [9.17, 15) is 17.6 Å². The van der Waals surface area contributed by atoms with Gasteiger partial charge in [-0.3, -0.25) is 4.79 Å². The van der Waals surface area contributed by atoms with Crippen LogP contribution in [0.5, 0.6) is 0 Å². The minimum absolute atomic E-state index is 0.0904. The molecule has 1 heterocycles. The maximum absolute atomic E-state index is 14.0. The number of nitrogens with zero attached hydrogens (tertiary/aromatic N) is 1. The van der Waals surface area contributed by atoms with Crippen molar-refractivity contribution in [2.45, 2.75) is 39.0 Å². The molecule has 150 valence electrons. The summed E-state index contributed by atoms with van der Waals surface area (Å²) in [7, 11) is -3.19. The molecule has 2 aliphatic rings. The molecular weight excluding hydrogens is 391 g/mol. The van der Waals surface area contributed by atoms with Gasteiger partial charge in [-0.15, -0.1) is 0 Å². The monoisotopic (exact) mass is 416 g/mol. The van der Waals surface area contributed by atoms with E-state index in [-0.39, 0.29) is 21.8 Å². The van der Waals surface area contributed by atoms with Gasteiger partial charge < -0.3 is 5.32 Å². The van der Waals surface area contributed by atoms with Gasteiger partial charge >= 0.3 is 0 Å². The predicted molar refractivity (Wildman–Crippen MR) is 104 cm³/mol. The van der Waals surface area contributed by atoms with E-state index in [0.717, 1.165) is 6.42 Å². The van der Waals surface area contributed by atoms with E-state index >= 15 is 0 Å². The molecule has 5 nitrogen and oxygen atoms in total. The van der Waals surface area contributed by atoms with Crippen molar-refractivity contribution >= 4 is 27.5 Å². The first-order valence-electron chi connectivity index (χ1n) is 9.46. The standard InChI is InChI=1S/C19H26ClFN2O3S/c1-2-27(25,26)23-10-8-19(9-11-23,12-14-6-7-14)13-22-18(24)17-15(20)4-3-5-16(17)21/h3-5,14H,2,6-13H2,1H3,(H,22,24). The molecule has 1 aromatic rings. The van der Waals surface area contributed by atoms with Crippen LogP contribution in [-0.4, -0.2) is 44.0 Å². The summed E-state index contributed by atoms with van der Waals surface area (Å²) < 4.78 is 39.8. The molecule has 0 atom stereocenters. The number of carbonyl (C=O) groups is 1. The number of carbonyl (C=O) groups excluding carboxylic acids is 1. The molecular formula is C19H26ClFN2O3S. The fourth-order valence-electron chi connectivity index (χ4n) is 3.88. The predicted octanol–water partition coefficient (Wildman–Crippen LogP) is 3.44. The molecule has 27 heavy (non-hydrogen) atoms. The van der Waals surface area contributed by atoms with Crippen molar-refractivity contribution in [1.82, 2.24) is 9.62 Å². The molecule has 1 aliphatic heterocycles. The van der Waals surface area contributed by atoms with E-state index in [1.54, 1.807) is 11.2 Å². The van der Waals surface area contributed by atoms with Crippen LogP contribution in [0.3, 0.4) is 0 Å². The first kappa shape index (κ1) is 20.6. The Morgan fingerprint density at radius 2 is 2.00 bits per heavy atom. The molecule has 1 saturated carbocycles. The second kappa shape index (κ2) is 8.05. The van der Waals surface area contributed by atoms with Gasteiger partial charge in [0.1, 0.15) is 5.82 Å². The molecule has 1 N–H and O–H groups in total. The summed E-state index contributed by atoms with van der Waals surface area (Å²) >= 11 is 5.99. The van der Waals surface area contributed by atoms with Crippen molar-refractivity contribution < 1.29 is 17.6 Å². The topological polar surface area (TPSA) is 66.5 Å². The Kier molecular flexibility index (Phi) is 6.13. The fourth-order valence-corrected chi connectivity index (χ4v) is 5.23. The van der Waals surface area contributed by atoms with Crippen LogP contribution >= 0.6 is 11.6 Å². The second-order valence-electron chi connectivity index (χ2n) is 7.73. The Morgan fingerprint density at radius 1 is 1.33 bits per heavy atom. The summed E-state index contributed by atoms with van der Waals surface area (Å²) in [5.74, 6) is -0.407. The zero-order valence-corrected chi connectivity index (χ0v) is 17.1. The zero-order valence-electron chi connectivity index (χ0n) is 15.5. The van der Waals surface area contributed by atoms with Gasteiger partial charge in [-0.2, -0.15) is 0 Å². The summed E-state index contributed by atoms with van der Waals surface area (Å²) in [6.07, 6.45) is 4.75. The molecule has 1 aromatic carbocycles.